The van der Waals surface area contributed by atoms with Gasteiger partial charge in [-0.05, 0) is 61.4 Å². The highest BCUT2D eigenvalue weighted by Crippen LogP contribution is 2.26. The lowest BCUT2D eigenvalue weighted by Gasteiger charge is -2.21. The molecule has 1 saturated heterocycles. The highest BCUT2D eigenvalue weighted by Gasteiger charge is 2.24. The minimum Gasteiger partial charge on any atom is -0.505 e. The summed E-state index contributed by atoms with van der Waals surface area (Å²) in [5, 5.41) is 22.5. The zero-order valence-electron chi connectivity index (χ0n) is 21.3. The average Bonchev–Trinajstić information content (AvgIpc) is 3.11. The number of benzene rings is 1. The molecule has 3 aromatic rings. The molecule has 0 bridgehead atoms. The third-order valence-corrected chi connectivity index (χ3v) is 6.79. The van der Waals surface area contributed by atoms with E-state index in [1.807, 2.05) is 4.90 Å². The number of amides is 2. The average molecular weight is 525 g/mol. The molecule has 3 heterocycles. The lowest BCUT2D eigenvalue weighted by molar-refractivity contribution is -0.130. The third kappa shape index (κ3) is 6.36. The number of likely N-dealkylation sites (tertiary alicyclic amines) is 1. The first-order valence-corrected chi connectivity index (χ1v) is 13.0. The first-order valence-electron chi connectivity index (χ1n) is 13.0. The smallest absolute Gasteiger partial charge is 0.267 e. The van der Waals surface area contributed by atoms with Gasteiger partial charge in [-0.15, -0.1) is 0 Å². The van der Waals surface area contributed by atoms with E-state index in [1.54, 1.807) is 24.4 Å². The van der Waals surface area contributed by atoms with Crippen LogP contribution < -0.4 is 10.9 Å². The second-order valence-electron chi connectivity index (χ2n) is 9.57. The van der Waals surface area contributed by atoms with E-state index in [9.17, 15) is 23.9 Å². The number of aliphatic hydroxyl groups excluding tert-OH is 1. The molecule has 4 rings (SSSR count). The number of fused-ring (bicyclic) bond motifs is 1. The minimum absolute atomic E-state index is 0.109. The standard InChI is InChI=1S/C28H33FN4O5/c29-21-9-7-19(8-10-21)16-20-17-22-25(31-18-20)26(36)24(27(37)30-11-4-15-34)28(38)33(22)14-5-13-32-12-3-1-2-6-23(32)35/h7-10,17-18,34,36H,1-6,11-16H2,(H,30,37). The number of aromatic nitrogens is 2. The SMILES string of the molecule is O=C(NCCCO)c1c(O)c2ncc(Cc3ccc(F)cc3)cc2n(CCCN2CCCCCC2=O)c1=O. The summed E-state index contributed by atoms with van der Waals surface area (Å²) < 4.78 is 14.8. The lowest BCUT2D eigenvalue weighted by atomic mass is 10.1. The van der Waals surface area contributed by atoms with Crippen molar-refractivity contribution in [3.8, 4) is 5.75 Å². The van der Waals surface area contributed by atoms with Crippen molar-refractivity contribution in [3.63, 3.8) is 0 Å². The Balaban J connectivity index is 1.68. The molecule has 0 spiro atoms. The van der Waals surface area contributed by atoms with E-state index in [0.717, 1.165) is 30.4 Å². The van der Waals surface area contributed by atoms with E-state index >= 15 is 0 Å². The number of rotatable bonds is 10. The van der Waals surface area contributed by atoms with Crippen LogP contribution in [0.25, 0.3) is 11.0 Å². The van der Waals surface area contributed by atoms with Gasteiger partial charge in [0, 0.05) is 45.4 Å². The molecule has 1 aliphatic rings. The third-order valence-electron chi connectivity index (χ3n) is 6.79. The van der Waals surface area contributed by atoms with Gasteiger partial charge in [-0.1, -0.05) is 18.6 Å². The number of hydrogen-bond acceptors (Lipinski definition) is 6. The van der Waals surface area contributed by atoms with Crippen molar-refractivity contribution in [1.29, 1.82) is 0 Å². The second kappa shape index (κ2) is 12.6. The molecule has 38 heavy (non-hydrogen) atoms. The van der Waals surface area contributed by atoms with E-state index in [4.69, 9.17) is 5.11 Å². The number of nitrogens with one attached hydrogen (secondary N) is 1. The van der Waals surface area contributed by atoms with Crippen LogP contribution in [0.2, 0.25) is 0 Å². The molecule has 202 valence electrons. The number of aryl methyl sites for hydroxylation is 1. The van der Waals surface area contributed by atoms with Gasteiger partial charge in [-0.25, -0.2) is 4.39 Å². The zero-order chi connectivity index (χ0) is 27.1. The van der Waals surface area contributed by atoms with Gasteiger partial charge in [-0.3, -0.25) is 19.4 Å². The van der Waals surface area contributed by atoms with Crippen molar-refractivity contribution in [2.75, 3.05) is 26.2 Å². The number of nitrogens with zero attached hydrogens (tertiary/aromatic N) is 3. The molecule has 0 atom stereocenters. The van der Waals surface area contributed by atoms with Crippen molar-refractivity contribution in [3.05, 3.63) is 69.4 Å². The fourth-order valence-electron chi connectivity index (χ4n) is 4.77. The predicted octanol–water partition coefficient (Wildman–Crippen LogP) is 2.74. The fourth-order valence-corrected chi connectivity index (χ4v) is 4.77. The number of halogens is 1. The summed E-state index contributed by atoms with van der Waals surface area (Å²) >= 11 is 0. The summed E-state index contributed by atoms with van der Waals surface area (Å²) in [5.41, 5.74) is 1.04. The van der Waals surface area contributed by atoms with Crippen LogP contribution in [0.3, 0.4) is 0 Å². The maximum absolute atomic E-state index is 13.5. The maximum Gasteiger partial charge on any atom is 0.267 e. The molecule has 3 N–H and O–H groups in total. The Morgan fingerprint density at radius 2 is 1.84 bits per heavy atom. The topological polar surface area (TPSA) is 125 Å². The van der Waals surface area contributed by atoms with Gasteiger partial charge in [0.2, 0.25) is 5.91 Å². The van der Waals surface area contributed by atoms with Gasteiger partial charge >= 0.3 is 0 Å². The van der Waals surface area contributed by atoms with E-state index < -0.39 is 22.8 Å². The molecule has 2 aromatic heterocycles. The van der Waals surface area contributed by atoms with E-state index in [0.29, 0.717) is 44.3 Å². The van der Waals surface area contributed by atoms with Gasteiger partial charge in [-0.2, -0.15) is 0 Å². The lowest BCUT2D eigenvalue weighted by Crippen LogP contribution is -2.35. The number of pyridine rings is 2. The van der Waals surface area contributed by atoms with Gasteiger partial charge in [0.15, 0.2) is 5.75 Å². The van der Waals surface area contributed by atoms with Crippen molar-refractivity contribution in [2.24, 2.45) is 0 Å². The number of aromatic hydroxyl groups is 1. The first-order chi connectivity index (χ1) is 18.4. The molecule has 1 aromatic carbocycles. The van der Waals surface area contributed by atoms with E-state index in [-0.39, 0.29) is 36.9 Å². The monoisotopic (exact) mass is 524 g/mol. The summed E-state index contributed by atoms with van der Waals surface area (Å²) in [4.78, 5) is 45.0. The van der Waals surface area contributed by atoms with Crippen molar-refractivity contribution >= 4 is 22.8 Å². The van der Waals surface area contributed by atoms with Crippen molar-refractivity contribution < 1.29 is 24.2 Å². The molecule has 0 saturated carbocycles. The predicted molar refractivity (Wildman–Crippen MR) is 141 cm³/mol. The highest BCUT2D eigenvalue weighted by molar-refractivity contribution is 6.01. The normalized spacial score (nSPS) is 14.1. The Morgan fingerprint density at radius 3 is 2.61 bits per heavy atom. The molecule has 1 aliphatic heterocycles. The first kappa shape index (κ1) is 27.3. The Hall–Kier alpha value is -3.79. The molecule has 0 radical (unpaired) electrons. The summed E-state index contributed by atoms with van der Waals surface area (Å²) in [7, 11) is 0. The van der Waals surface area contributed by atoms with Crippen LogP contribution in [-0.2, 0) is 17.8 Å². The Bertz CT molecular complexity index is 1360. The van der Waals surface area contributed by atoms with Crippen LogP contribution in [0.1, 0.15) is 60.0 Å². The number of aliphatic hydroxyl groups is 1. The molecule has 1 fully saturated rings. The van der Waals surface area contributed by atoms with Crippen LogP contribution in [0.5, 0.6) is 5.75 Å². The minimum atomic E-state index is -0.739. The number of carbonyl (C=O) groups is 2. The molecule has 2 amide bonds. The maximum atomic E-state index is 13.5. The molecule has 9 nitrogen and oxygen atoms in total. The van der Waals surface area contributed by atoms with E-state index in [2.05, 4.69) is 10.3 Å². The van der Waals surface area contributed by atoms with Crippen LogP contribution in [0.4, 0.5) is 4.39 Å². The van der Waals surface area contributed by atoms with Gasteiger partial charge in [0.1, 0.15) is 16.9 Å². The second-order valence-corrected chi connectivity index (χ2v) is 9.57. The van der Waals surface area contributed by atoms with Gasteiger partial charge in [0.25, 0.3) is 11.5 Å². The number of carbonyl (C=O) groups excluding carboxylic acids is 2. The van der Waals surface area contributed by atoms with E-state index in [1.165, 1.54) is 16.7 Å². The summed E-state index contributed by atoms with van der Waals surface area (Å²) in [6.07, 6.45) is 6.16. The van der Waals surface area contributed by atoms with Gasteiger partial charge in [0.05, 0.1) is 5.52 Å². The molecule has 0 unspecified atom stereocenters. The highest BCUT2D eigenvalue weighted by atomic mass is 19.1. The molecule has 10 heteroatoms. The van der Waals surface area contributed by atoms with Crippen LogP contribution >= 0.6 is 0 Å². The van der Waals surface area contributed by atoms with Crippen LogP contribution in [-0.4, -0.2) is 62.7 Å². The van der Waals surface area contributed by atoms with Crippen molar-refractivity contribution in [1.82, 2.24) is 19.8 Å². The Kier molecular flexibility index (Phi) is 9.06. The van der Waals surface area contributed by atoms with Crippen LogP contribution in [0, 0.1) is 5.82 Å². The molecule has 0 aliphatic carbocycles. The summed E-state index contributed by atoms with van der Waals surface area (Å²) in [6, 6.07) is 7.83. The largest absolute Gasteiger partial charge is 0.505 e. The van der Waals surface area contributed by atoms with Crippen molar-refractivity contribution in [2.45, 2.75) is 51.5 Å². The zero-order valence-corrected chi connectivity index (χ0v) is 21.3. The fraction of sp³-hybridized carbons (Fsp3) is 0.429. The quantitative estimate of drug-likeness (QED) is 0.350. The molecular weight excluding hydrogens is 491 g/mol. The summed E-state index contributed by atoms with van der Waals surface area (Å²) in [6.45, 7) is 1.41. The Labute approximate surface area is 219 Å². The number of hydrogen-bond donors (Lipinski definition) is 3. The molecular formula is C28H33FN4O5. The Morgan fingerprint density at radius 1 is 1.05 bits per heavy atom. The van der Waals surface area contributed by atoms with Crippen LogP contribution in [0.15, 0.2) is 41.3 Å². The summed E-state index contributed by atoms with van der Waals surface area (Å²) in [5.74, 6) is -1.47. The van der Waals surface area contributed by atoms with Gasteiger partial charge < -0.3 is 25.0 Å².